The van der Waals surface area contributed by atoms with E-state index in [0.717, 1.165) is 36.8 Å². The summed E-state index contributed by atoms with van der Waals surface area (Å²) < 4.78 is 0. The average molecular weight is 337 g/mol. The molecule has 25 heavy (non-hydrogen) atoms. The maximum absolute atomic E-state index is 12.5. The number of carbonyl (C=O) groups is 1. The van der Waals surface area contributed by atoms with Crippen molar-refractivity contribution in [2.75, 3.05) is 7.05 Å². The summed E-state index contributed by atoms with van der Waals surface area (Å²) in [5.41, 5.74) is 1.76. The number of Topliss-reactive ketones (excluding diaryl/α,β-unsaturated/α-hetero) is 1. The number of carbonyl (C=O) groups excluding carboxylic acids is 1. The van der Waals surface area contributed by atoms with Gasteiger partial charge in [0.2, 0.25) is 0 Å². The molecular formula is C22H27NO2. The molecule has 0 aromatic heterocycles. The van der Waals surface area contributed by atoms with E-state index in [1.165, 1.54) is 0 Å². The van der Waals surface area contributed by atoms with Gasteiger partial charge in [-0.15, -0.1) is 0 Å². The van der Waals surface area contributed by atoms with Crippen LogP contribution in [-0.2, 0) is 0 Å². The van der Waals surface area contributed by atoms with Crippen LogP contribution in [0.25, 0.3) is 0 Å². The van der Waals surface area contributed by atoms with E-state index in [0.29, 0.717) is 12.5 Å². The summed E-state index contributed by atoms with van der Waals surface area (Å²) in [4.78, 5) is 14.8. The molecule has 3 atom stereocenters. The van der Waals surface area contributed by atoms with E-state index in [9.17, 15) is 9.90 Å². The Morgan fingerprint density at radius 1 is 1.04 bits per heavy atom. The van der Waals surface area contributed by atoms with Crippen LogP contribution in [0.2, 0.25) is 0 Å². The van der Waals surface area contributed by atoms with Crippen LogP contribution in [0.1, 0.15) is 54.1 Å². The van der Waals surface area contributed by atoms with Crippen molar-refractivity contribution in [2.24, 2.45) is 0 Å². The third kappa shape index (κ3) is 4.56. The van der Waals surface area contributed by atoms with Crippen molar-refractivity contribution in [3.05, 3.63) is 71.8 Å². The van der Waals surface area contributed by atoms with E-state index in [-0.39, 0.29) is 11.8 Å². The summed E-state index contributed by atoms with van der Waals surface area (Å²) in [5.74, 6) is 0.210. The average Bonchev–Trinajstić information content (AvgIpc) is 2.66. The predicted molar refractivity (Wildman–Crippen MR) is 101 cm³/mol. The summed E-state index contributed by atoms with van der Waals surface area (Å²) in [5, 5.41) is 10.5. The van der Waals surface area contributed by atoms with E-state index in [2.05, 4.69) is 11.9 Å². The second-order valence-corrected chi connectivity index (χ2v) is 7.06. The monoisotopic (exact) mass is 337 g/mol. The highest BCUT2D eigenvalue weighted by Gasteiger charge is 2.30. The van der Waals surface area contributed by atoms with Crippen molar-refractivity contribution < 1.29 is 9.90 Å². The molecule has 3 heteroatoms. The number of nitrogens with zero attached hydrogens (tertiary/aromatic N) is 1. The van der Waals surface area contributed by atoms with Gasteiger partial charge in [-0.25, -0.2) is 0 Å². The van der Waals surface area contributed by atoms with Gasteiger partial charge < -0.3 is 5.11 Å². The molecule has 0 saturated carbocycles. The van der Waals surface area contributed by atoms with Crippen molar-refractivity contribution >= 4 is 5.78 Å². The zero-order valence-electron chi connectivity index (χ0n) is 14.8. The fraction of sp³-hybridized carbons (Fsp3) is 0.409. The standard InChI is InChI=1S/C22H27NO2/c1-23-19(15-21(24)17-9-4-2-5-10-17)13-8-14-20(23)16-22(25)18-11-6-3-7-12-18/h2-7,9-12,19-21,24H,8,13-16H2,1H3/t19?,20?,21-/m0/s1. The Morgan fingerprint density at radius 2 is 1.64 bits per heavy atom. The number of hydrogen-bond acceptors (Lipinski definition) is 3. The molecule has 2 unspecified atom stereocenters. The molecule has 1 N–H and O–H groups in total. The Bertz CT molecular complexity index is 671. The maximum atomic E-state index is 12.5. The molecule has 132 valence electrons. The van der Waals surface area contributed by atoms with E-state index < -0.39 is 6.10 Å². The highest BCUT2D eigenvalue weighted by molar-refractivity contribution is 5.96. The SMILES string of the molecule is CN1C(CC(=O)c2ccccc2)CCCC1C[C@H](O)c1ccccc1. The summed E-state index contributed by atoms with van der Waals surface area (Å²) in [6.45, 7) is 0. The minimum Gasteiger partial charge on any atom is -0.388 e. The predicted octanol–water partition coefficient (Wildman–Crippen LogP) is 4.24. The Kier molecular flexibility index (Phi) is 6.00. The molecule has 3 nitrogen and oxygen atoms in total. The highest BCUT2D eigenvalue weighted by atomic mass is 16.3. The molecule has 1 fully saturated rings. The van der Waals surface area contributed by atoms with Gasteiger partial charge in [0.25, 0.3) is 0 Å². The van der Waals surface area contributed by atoms with Crippen molar-refractivity contribution in [2.45, 2.75) is 50.3 Å². The fourth-order valence-corrected chi connectivity index (χ4v) is 3.85. The molecule has 3 rings (SSSR count). The lowest BCUT2D eigenvalue weighted by Crippen LogP contribution is -2.45. The van der Waals surface area contributed by atoms with Crippen molar-refractivity contribution in [1.29, 1.82) is 0 Å². The molecule has 2 aromatic carbocycles. The molecule has 0 spiro atoms. The maximum Gasteiger partial charge on any atom is 0.164 e. The molecule has 2 aromatic rings. The van der Waals surface area contributed by atoms with Gasteiger partial charge in [0.1, 0.15) is 0 Å². The number of benzene rings is 2. The lowest BCUT2D eigenvalue weighted by atomic mass is 9.88. The third-order valence-corrected chi connectivity index (χ3v) is 5.42. The fourth-order valence-electron chi connectivity index (χ4n) is 3.85. The molecule has 0 amide bonds. The second-order valence-electron chi connectivity index (χ2n) is 7.06. The normalized spacial score (nSPS) is 22.5. The number of aliphatic hydroxyl groups is 1. The van der Waals surface area contributed by atoms with Gasteiger partial charge in [0.05, 0.1) is 6.10 Å². The number of aliphatic hydroxyl groups excluding tert-OH is 1. The van der Waals surface area contributed by atoms with Gasteiger partial charge in [0, 0.05) is 24.1 Å². The quantitative estimate of drug-likeness (QED) is 0.802. The largest absolute Gasteiger partial charge is 0.388 e. The number of ketones is 1. The summed E-state index contributed by atoms with van der Waals surface area (Å²) in [6, 6.07) is 20.0. The van der Waals surface area contributed by atoms with E-state index in [1.807, 2.05) is 60.7 Å². The number of likely N-dealkylation sites (tertiary alicyclic amines) is 1. The lowest BCUT2D eigenvalue weighted by Gasteiger charge is -2.40. The topological polar surface area (TPSA) is 40.5 Å². The molecule has 0 radical (unpaired) electrons. The van der Waals surface area contributed by atoms with Gasteiger partial charge >= 0.3 is 0 Å². The van der Waals surface area contributed by atoms with Crippen LogP contribution in [0.3, 0.4) is 0 Å². The first-order valence-electron chi connectivity index (χ1n) is 9.18. The number of hydrogen-bond donors (Lipinski definition) is 1. The van der Waals surface area contributed by atoms with Crippen LogP contribution in [-0.4, -0.2) is 34.9 Å². The van der Waals surface area contributed by atoms with Crippen LogP contribution in [0, 0.1) is 0 Å². The molecule has 1 aliphatic rings. The minimum atomic E-state index is -0.447. The molecule has 0 bridgehead atoms. The first-order chi connectivity index (χ1) is 12.1. The smallest absolute Gasteiger partial charge is 0.164 e. The molecule has 1 aliphatic heterocycles. The van der Waals surface area contributed by atoms with Crippen LogP contribution < -0.4 is 0 Å². The van der Waals surface area contributed by atoms with Gasteiger partial charge in [-0.2, -0.15) is 0 Å². The van der Waals surface area contributed by atoms with Gasteiger partial charge in [-0.3, -0.25) is 9.69 Å². The first-order valence-corrected chi connectivity index (χ1v) is 9.18. The summed E-state index contributed by atoms with van der Waals surface area (Å²) in [6.07, 6.45) is 4.07. The Labute approximate surface area is 150 Å². The Balaban J connectivity index is 1.61. The zero-order valence-corrected chi connectivity index (χ0v) is 14.8. The Hall–Kier alpha value is -1.97. The first kappa shape index (κ1) is 17.8. The van der Waals surface area contributed by atoms with Crippen molar-refractivity contribution in [3.8, 4) is 0 Å². The highest BCUT2D eigenvalue weighted by Crippen LogP contribution is 2.30. The third-order valence-electron chi connectivity index (χ3n) is 5.42. The van der Waals surface area contributed by atoms with Crippen molar-refractivity contribution in [3.63, 3.8) is 0 Å². The molecule has 1 heterocycles. The van der Waals surface area contributed by atoms with Gasteiger partial charge in [0.15, 0.2) is 5.78 Å². The molecular weight excluding hydrogens is 310 g/mol. The van der Waals surface area contributed by atoms with Gasteiger partial charge in [-0.1, -0.05) is 67.1 Å². The molecule has 0 aliphatic carbocycles. The zero-order chi connectivity index (χ0) is 17.6. The Morgan fingerprint density at radius 3 is 2.32 bits per heavy atom. The van der Waals surface area contributed by atoms with Crippen molar-refractivity contribution in [1.82, 2.24) is 4.90 Å². The molecule has 1 saturated heterocycles. The van der Waals surface area contributed by atoms with Crippen LogP contribution >= 0.6 is 0 Å². The second kappa shape index (κ2) is 8.41. The van der Waals surface area contributed by atoms with Crippen LogP contribution in [0.4, 0.5) is 0 Å². The summed E-state index contributed by atoms with van der Waals surface area (Å²) >= 11 is 0. The lowest BCUT2D eigenvalue weighted by molar-refractivity contribution is 0.0549. The summed E-state index contributed by atoms with van der Waals surface area (Å²) in [7, 11) is 2.10. The number of piperidine rings is 1. The minimum absolute atomic E-state index is 0.210. The van der Waals surface area contributed by atoms with E-state index in [1.54, 1.807) is 0 Å². The number of rotatable bonds is 6. The van der Waals surface area contributed by atoms with Gasteiger partial charge in [-0.05, 0) is 31.9 Å². The van der Waals surface area contributed by atoms with E-state index in [4.69, 9.17) is 0 Å². The van der Waals surface area contributed by atoms with Crippen LogP contribution in [0.15, 0.2) is 60.7 Å². The van der Waals surface area contributed by atoms with Crippen LogP contribution in [0.5, 0.6) is 0 Å². The van der Waals surface area contributed by atoms with E-state index >= 15 is 0 Å².